The van der Waals surface area contributed by atoms with E-state index in [1.165, 1.54) is 36.4 Å². The van der Waals surface area contributed by atoms with E-state index in [9.17, 15) is 17.6 Å². The molecule has 1 aliphatic heterocycles. The van der Waals surface area contributed by atoms with E-state index in [1.54, 1.807) is 0 Å². The molecule has 0 saturated heterocycles. The minimum atomic E-state index is -3.65. The Morgan fingerprint density at radius 1 is 1.32 bits per heavy atom. The fourth-order valence-electron chi connectivity index (χ4n) is 2.46. The number of rotatable bonds is 3. The zero-order valence-electron chi connectivity index (χ0n) is 13.1. The second kappa shape index (κ2) is 6.53. The first-order chi connectivity index (χ1) is 11.7. The number of anilines is 2. The predicted molar refractivity (Wildman–Crippen MR) is 93.1 cm³/mol. The lowest BCUT2D eigenvalue weighted by Crippen LogP contribution is -2.48. The maximum atomic E-state index is 13.2. The van der Waals surface area contributed by atoms with Gasteiger partial charge in [0.1, 0.15) is 11.6 Å². The van der Waals surface area contributed by atoms with Crippen molar-refractivity contribution in [3.05, 3.63) is 53.3 Å². The summed E-state index contributed by atoms with van der Waals surface area (Å²) in [5.41, 5.74) is 0.520. The van der Waals surface area contributed by atoms with Crippen molar-refractivity contribution >= 4 is 38.9 Å². The van der Waals surface area contributed by atoms with Crippen LogP contribution in [0.15, 0.2) is 42.5 Å². The maximum Gasteiger partial charge on any atom is 0.267 e. The third-order valence-corrected chi connectivity index (χ3v) is 4.96. The smallest absolute Gasteiger partial charge is 0.267 e. The Morgan fingerprint density at radius 2 is 2.08 bits per heavy atom. The number of ether oxygens (including phenoxy) is 1. The molecule has 6 nitrogen and oxygen atoms in total. The lowest BCUT2D eigenvalue weighted by Gasteiger charge is -2.34. The van der Waals surface area contributed by atoms with Crippen molar-refractivity contribution in [2.24, 2.45) is 0 Å². The summed E-state index contributed by atoms with van der Waals surface area (Å²) in [6, 6.07) is 9.86. The van der Waals surface area contributed by atoms with Crippen LogP contribution in [0.2, 0.25) is 5.02 Å². The number of carbonyl (C=O) groups excluding carboxylic acids is 1. The van der Waals surface area contributed by atoms with Gasteiger partial charge in [-0.25, -0.2) is 12.8 Å². The molecule has 3 rings (SSSR count). The summed E-state index contributed by atoms with van der Waals surface area (Å²) in [7, 11) is -3.65. The van der Waals surface area contributed by atoms with Crippen LogP contribution < -0.4 is 14.4 Å². The van der Waals surface area contributed by atoms with Crippen LogP contribution in [0.3, 0.4) is 0 Å². The van der Waals surface area contributed by atoms with Gasteiger partial charge in [-0.05, 0) is 36.4 Å². The number of hydrogen-bond donors (Lipinski definition) is 1. The number of nitrogens with zero attached hydrogens (tertiary/aromatic N) is 1. The number of hydrogen-bond acceptors (Lipinski definition) is 4. The van der Waals surface area contributed by atoms with Gasteiger partial charge in [0.15, 0.2) is 6.10 Å². The number of carbonyl (C=O) groups is 1. The molecule has 0 unspecified atom stereocenters. The molecule has 2 aromatic rings. The maximum absolute atomic E-state index is 13.2. The average molecular weight is 385 g/mol. The van der Waals surface area contributed by atoms with Crippen molar-refractivity contribution in [1.82, 2.24) is 0 Å². The average Bonchev–Trinajstić information content (AvgIpc) is 2.52. The zero-order chi connectivity index (χ0) is 18.2. The van der Waals surface area contributed by atoms with Gasteiger partial charge in [-0.3, -0.25) is 9.10 Å². The Kier molecular flexibility index (Phi) is 4.57. The van der Waals surface area contributed by atoms with E-state index in [4.69, 9.17) is 16.3 Å². The van der Waals surface area contributed by atoms with E-state index < -0.39 is 27.9 Å². The van der Waals surface area contributed by atoms with E-state index >= 15 is 0 Å². The third-order valence-electron chi connectivity index (χ3n) is 3.58. The lowest BCUT2D eigenvalue weighted by atomic mass is 10.2. The molecule has 1 N–H and O–H groups in total. The van der Waals surface area contributed by atoms with E-state index in [2.05, 4.69) is 5.32 Å². The van der Waals surface area contributed by atoms with Gasteiger partial charge in [-0.15, -0.1) is 0 Å². The molecule has 0 bridgehead atoms. The first-order valence-corrected chi connectivity index (χ1v) is 9.47. The fourth-order valence-corrected chi connectivity index (χ4v) is 3.54. The number of amides is 1. The molecule has 25 heavy (non-hydrogen) atoms. The third kappa shape index (κ3) is 3.85. The van der Waals surface area contributed by atoms with Crippen molar-refractivity contribution in [2.45, 2.75) is 6.10 Å². The Morgan fingerprint density at radius 3 is 2.76 bits per heavy atom. The highest BCUT2D eigenvalue weighted by molar-refractivity contribution is 7.92. The SMILES string of the molecule is CS(=O)(=O)N1C[C@@H](C(=O)Nc2cccc(F)c2)Oc2ccc(Cl)cc21. The normalized spacial score (nSPS) is 16.8. The largest absolute Gasteiger partial charge is 0.476 e. The van der Waals surface area contributed by atoms with Gasteiger partial charge in [0, 0.05) is 10.7 Å². The van der Waals surface area contributed by atoms with Crippen LogP contribution in [0.5, 0.6) is 5.75 Å². The van der Waals surface area contributed by atoms with Gasteiger partial charge in [-0.1, -0.05) is 17.7 Å². The quantitative estimate of drug-likeness (QED) is 0.882. The fraction of sp³-hybridized carbons (Fsp3) is 0.188. The monoisotopic (exact) mass is 384 g/mol. The van der Waals surface area contributed by atoms with E-state index in [1.807, 2.05) is 0 Å². The topological polar surface area (TPSA) is 75.7 Å². The van der Waals surface area contributed by atoms with E-state index in [0.717, 1.165) is 16.6 Å². The summed E-state index contributed by atoms with van der Waals surface area (Å²) >= 11 is 5.92. The molecule has 132 valence electrons. The first kappa shape index (κ1) is 17.5. The second-order valence-corrected chi connectivity index (χ2v) is 7.86. The van der Waals surface area contributed by atoms with Gasteiger partial charge >= 0.3 is 0 Å². The molecule has 1 atom stereocenters. The summed E-state index contributed by atoms with van der Waals surface area (Å²) in [5.74, 6) is -0.861. The molecule has 0 aliphatic carbocycles. The molecule has 0 spiro atoms. The van der Waals surface area contributed by atoms with Gasteiger partial charge < -0.3 is 10.1 Å². The van der Waals surface area contributed by atoms with Gasteiger partial charge in [0.05, 0.1) is 18.5 Å². The van der Waals surface area contributed by atoms with Crippen molar-refractivity contribution < 1.29 is 22.3 Å². The van der Waals surface area contributed by atoms with Gasteiger partial charge in [-0.2, -0.15) is 0 Å². The molecule has 2 aromatic carbocycles. The molecule has 1 heterocycles. The van der Waals surface area contributed by atoms with Crippen LogP contribution in [0.4, 0.5) is 15.8 Å². The van der Waals surface area contributed by atoms with Gasteiger partial charge in [0.2, 0.25) is 10.0 Å². The zero-order valence-corrected chi connectivity index (χ0v) is 14.6. The van der Waals surface area contributed by atoms with Crippen molar-refractivity contribution in [1.29, 1.82) is 0 Å². The second-order valence-electron chi connectivity index (χ2n) is 5.51. The minimum Gasteiger partial charge on any atom is -0.476 e. The molecular formula is C16H14ClFN2O4S. The van der Waals surface area contributed by atoms with Crippen molar-refractivity contribution in [2.75, 3.05) is 22.4 Å². The van der Waals surface area contributed by atoms with Crippen LogP contribution in [0.25, 0.3) is 0 Å². The number of nitrogens with one attached hydrogen (secondary N) is 1. The molecule has 0 saturated carbocycles. The minimum absolute atomic E-state index is 0.215. The van der Waals surface area contributed by atoms with Gasteiger partial charge in [0.25, 0.3) is 5.91 Å². The molecule has 0 radical (unpaired) electrons. The Labute approximate surface area is 149 Å². The summed E-state index contributed by atoms with van der Waals surface area (Å²) in [4.78, 5) is 12.4. The lowest BCUT2D eigenvalue weighted by molar-refractivity contribution is -0.122. The number of fused-ring (bicyclic) bond motifs is 1. The highest BCUT2D eigenvalue weighted by Crippen LogP contribution is 2.37. The molecule has 0 fully saturated rings. The molecular weight excluding hydrogens is 371 g/mol. The van der Waals surface area contributed by atoms with Crippen LogP contribution in [0, 0.1) is 5.82 Å². The van der Waals surface area contributed by atoms with E-state index in [-0.39, 0.29) is 23.7 Å². The predicted octanol–water partition coefficient (Wildman–Crippen LogP) is 2.64. The first-order valence-electron chi connectivity index (χ1n) is 7.24. The van der Waals surface area contributed by atoms with Crippen LogP contribution >= 0.6 is 11.6 Å². The van der Waals surface area contributed by atoms with Crippen molar-refractivity contribution in [3.63, 3.8) is 0 Å². The molecule has 0 aromatic heterocycles. The summed E-state index contributed by atoms with van der Waals surface area (Å²) in [6.07, 6.45) is -0.0588. The van der Waals surface area contributed by atoms with Crippen LogP contribution in [0.1, 0.15) is 0 Å². The van der Waals surface area contributed by atoms with E-state index in [0.29, 0.717) is 5.02 Å². The van der Waals surface area contributed by atoms with Crippen LogP contribution in [-0.4, -0.2) is 33.2 Å². The molecule has 1 amide bonds. The van der Waals surface area contributed by atoms with Crippen LogP contribution in [-0.2, 0) is 14.8 Å². The summed E-state index contributed by atoms with van der Waals surface area (Å²) < 4.78 is 44.1. The highest BCUT2D eigenvalue weighted by atomic mass is 35.5. The highest BCUT2D eigenvalue weighted by Gasteiger charge is 2.35. The summed E-state index contributed by atoms with van der Waals surface area (Å²) in [5, 5.41) is 2.86. The molecule has 9 heteroatoms. The standard InChI is InChI=1S/C16H14ClFN2O4S/c1-25(22,23)20-9-15(24-14-6-5-10(17)7-13(14)20)16(21)19-12-4-2-3-11(18)8-12/h2-8,15H,9H2,1H3,(H,19,21)/t15-/m0/s1. The Balaban J connectivity index is 1.89. The Hall–Kier alpha value is -2.32. The number of halogens is 2. The molecule has 1 aliphatic rings. The number of sulfonamides is 1. The Bertz CT molecular complexity index is 935. The van der Waals surface area contributed by atoms with Crippen molar-refractivity contribution in [3.8, 4) is 5.75 Å². The summed E-state index contributed by atoms with van der Waals surface area (Å²) in [6.45, 7) is -0.215. The number of benzene rings is 2.